The Morgan fingerprint density at radius 2 is 2.14 bits per heavy atom. The summed E-state index contributed by atoms with van der Waals surface area (Å²) in [5, 5.41) is 2.91. The third-order valence-corrected chi connectivity index (χ3v) is 3.92. The average molecular weight is 288 g/mol. The predicted molar refractivity (Wildman–Crippen MR) is 79.8 cm³/mol. The number of amides is 1. The van der Waals surface area contributed by atoms with E-state index in [0.717, 1.165) is 16.9 Å². The van der Waals surface area contributed by atoms with Crippen LogP contribution >= 0.6 is 0 Å². The van der Waals surface area contributed by atoms with Gasteiger partial charge >= 0.3 is 0 Å². The zero-order chi connectivity index (χ0) is 14.7. The zero-order valence-corrected chi connectivity index (χ0v) is 11.9. The van der Waals surface area contributed by atoms with Crippen LogP contribution in [-0.2, 0) is 16.0 Å². The summed E-state index contributed by atoms with van der Waals surface area (Å²) >= 11 is 0. The third-order valence-electron chi connectivity index (χ3n) is 3.92. The minimum Gasteiger partial charge on any atom is -0.381 e. The summed E-state index contributed by atoms with van der Waals surface area (Å²) < 4.78 is 5.25. The van der Waals surface area contributed by atoms with Crippen molar-refractivity contribution in [1.29, 1.82) is 0 Å². The molecule has 0 aliphatic carbocycles. The van der Waals surface area contributed by atoms with Gasteiger partial charge in [0, 0.05) is 26.2 Å². The van der Waals surface area contributed by atoms with Crippen molar-refractivity contribution in [3.05, 3.63) is 30.1 Å². The highest BCUT2D eigenvalue weighted by Gasteiger charge is 2.35. The highest BCUT2D eigenvalue weighted by Crippen LogP contribution is 2.17. The van der Waals surface area contributed by atoms with Crippen LogP contribution in [0.5, 0.6) is 0 Å². The Hall–Kier alpha value is -1.92. The number of fused-ring (bicyclic) bond motifs is 1. The normalized spacial score (nSPS) is 17.8. The van der Waals surface area contributed by atoms with Crippen LogP contribution in [0.4, 0.5) is 0 Å². The van der Waals surface area contributed by atoms with E-state index in [1.54, 1.807) is 0 Å². The van der Waals surface area contributed by atoms with Gasteiger partial charge in [0.05, 0.1) is 16.6 Å². The van der Waals surface area contributed by atoms with Crippen molar-refractivity contribution in [2.75, 3.05) is 19.8 Å². The van der Waals surface area contributed by atoms with E-state index in [-0.39, 0.29) is 5.91 Å². The number of H-pyrrole nitrogens is 1. The van der Waals surface area contributed by atoms with Gasteiger partial charge < -0.3 is 20.8 Å². The Balaban J connectivity index is 1.54. The van der Waals surface area contributed by atoms with Crippen molar-refractivity contribution in [1.82, 2.24) is 15.3 Å². The number of aromatic amines is 1. The smallest absolute Gasteiger partial charge is 0.240 e. The lowest BCUT2D eigenvalue weighted by molar-refractivity contribution is -0.129. The van der Waals surface area contributed by atoms with Gasteiger partial charge in [0.1, 0.15) is 5.82 Å². The molecule has 1 aliphatic heterocycles. The van der Waals surface area contributed by atoms with Gasteiger partial charge in [-0.25, -0.2) is 4.98 Å². The van der Waals surface area contributed by atoms with Gasteiger partial charge in [-0.05, 0) is 25.0 Å². The van der Waals surface area contributed by atoms with Crippen LogP contribution in [0, 0.1) is 0 Å². The SMILES string of the molecule is NC1(C(=O)NCCc2nc3ccccc3[nH]2)CCOCC1. The van der Waals surface area contributed by atoms with Crippen LogP contribution in [0.25, 0.3) is 11.0 Å². The largest absolute Gasteiger partial charge is 0.381 e. The summed E-state index contributed by atoms with van der Waals surface area (Å²) in [5.41, 5.74) is 7.30. The van der Waals surface area contributed by atoms with Crippen molar-refractivity contribution in [2.24, 2.45) is 5.73 Å². The first kappa shape index (κ1) is 14.0. The second-order valence-electron chi connectivity index (χ2n) is 5.48. The molecule has 0 radical (unpaired) electrons. The maximum absolute atomic E-state index is 12.2. The summed E-state index contributed by atoms with van der Waals surface area (Å²) in [6.45, 7) is 1.62. The zero-order valence-electron chi connectivity index (χ0n) is 11.9. The molecule has 1 aromatic heterocycles. The number of carbonyl (C=O) groups is 1. The second-order valence-corrected chi connectivity index (χ2v) is 5.48. The second kappa shape index (κ2) is 5.83. The molecule has 0 bridgehead atoms. The van der Waals surface area contributed by atoms with Gasteiger partial charge in [0.2, 0.25) is 5.91 Å². The van der Waals surface area contributed by atoms with E-state index in [0.29, 0.717) is 39.0 Å². The number of imidazole rings is 1. The third kappa shape index (κ3) is 3.06. The molecule has 2 heterocycles. The fraction of sp³-hybridized carbons (Fsp3) is 0.467. The summed E-state index contributed by atoms with van der Waals surface area (Å²) in [7, 11) is 0. The lowest BCUT2D eigenvalue weighted by atomic mass is 9.90. The molecule has 0 unspecified atom stereocenters. The summed E-state index contributed by atoms with van der Waals surface area (Å²) in [4.78, 5) is 19.9. The lowest BCUT2D eigenvalue weighted by Gasteiger charge is -2.31. The van der Waals surface area contributed by atoms with Crippen LogP contribution in [0.3, 0.4) is 0 Å². The van der Waals surface area contributed by atoms with Crippen molar-refractivity contribution < 1.29 is 9.53 Å². The first-order valence-electron chi connectivity index (χ1n) is 7.26. The number of para-hydroxylation sites is 2. The Bertz CT molecular complexity index is 598. The molecule has 0 spiro atoms. The molecule has 0 atom stereocenters. The molecule has 112 valence electrons. The van der Waals surface area contributed by atoms with Crippen LogP contribution in [-0.4, -0.2) is 41.2 Å². The standard InChI is InChI=1S/C15H20N4O2/c16-15(6-9-21-10-7-15)14(20)17-8-5-13-18-11-3-1-2-4-12(11)19-13/h1-4H,5-10,16H2,(H,17,20)(H,18,19). The van der Waals surface area contributed by atoms with Gasteiger partial charge in [-0.15, -0.1) is 0 Å². The van der Waals surface area contributed by atoms with E-state index in [1.165, 1.54) is 0 Å². The molecular weight excluding hydrogens is 268 g/mol. The van der Waals surface area contributed by atoms with Gasteiger partial charge in [-0.3, -0.25) is 4.79 Å². The topological polar surface area (TPSA) is 93.0 Å². The van der Waals surface area contributed by atoms with E-state index in [4.69, 9.17) is 10.5 Å². The van der Waals surface area contributed by atoms with Gasteiger partial charge in [-0.1, -0.05) is 12.1 Å². The maximum Gasteiger partial charge on any atom is 0.240 e. The number of hydrogen-bond donors (Lipinski definition) is 3. The number of carbonyl (C=O) groups excluding carboxylic acids is 1. The predicted octanol–water partition coefficient (Wildman–Crippen LogP) is 0.729. The van der Waals surface area contributed by atoms with E-state index in [2.05, 4.69) is 15.3 Å². The minimum atomic E-state index is -0.786. The first-order valence-corrected chi connectivity index (χ1v) is 7.26. The van der Waals surface area contributed by atoms with Gasteiger partial charge in [0.15, 0.2) is 0 Å². The fourth-order valence-corrected chi connectivity index (χ4v) is 2.56. The highest BCUT2D eigenvalue weighted by molar-refractivity contribution is 5.86. The monoisotopic (exact) mass is 288 g/mol. The molecule has 2 aromatic rings. The van der Waals surface area contributed by atoms with E-state index < -0.39 is 5.54 Å². The van der Waals surface area contributed by atoms with Crippen LogP contribution in [0.1, 0.15) is 18.7 Å². The number of aromatic nitrogens is 2. The number of nitrogens with two attached hydrogens (primary N) is 1. The summed E-state index contributed by atoms with van der Waals surface area (Å²) in [6.07, 6.45) is 1.81. The molecule has 1 amide bonds. The molecule has 1 aliphatic rings. The Kier molecular flexibility index (Phi) is 3.90. The average Bonchev–Trinajstić information content (AvgIpc) is 2.90. The molecule has 1 fully saturated rings. The number of rotatable bonds is 4. The van der Waals surface area contributed by atoms with Crippen molar-refractivity contribution >= 4 is 16.9 Å². The van der Waals surface area contributed by atoms with E-state index in [1.807, 2.05) is 24.3 Å². The molecule has 1 saturated heterocycles. The van der Waals surface area contributed by atoms with Crippen molar-refractivity contribution in [3.63, 3.8) is 0 Å². The number of nitrogens with one attached hydrogen (secondary N) is 2. The van der Waals surface area contributed by atoms with Crippen LogP contribution in [0.2, 0.25) is 0 Å². The minimum absolute atomic E-state index is 0.0955. The van der Waals surface area contributed by atoms with Crippen LogP contribution < -0.4 is 11.1 Å². The Morgan fingerprint density at radius 1 is 1.38 bits per heavy atom. The quantitative estimate of drug-likeness (QED) is 0.773. The molecule has 21 heavy (non-hydrogen) atoms. The molecule has 6 heteroatoms. The van der Waals surface area contributed by atoms with Crippen LogP contribution in [0.15, 0.2) is 24.3 Å². The lowest BCUT2D eigenvalue weighted by Crippen LogP contribution is -2.57. The molecular formula is C15H20N4O2. The van der Waals surface area contributed by atoms with E-state index in [9.17, 15) is 4.79 Å². The molecule has 1 aromatic carbocycles. The Labute approximate surface area is 123 Å². The number of hydrogen-bond acceptors (Lipinski definition) is 4. The maximum atomic E-state index is 12.2. The summed E-state index contributed by atoms with van der Waals surface area (Å²) in [5.74, 6) is 0.775. The first-order chi connectivity index (χ1) is 10.2. The fourth-order valence-electron chi connectivity index (χ4n) is 2.56. The molecule has 0 saturated carbocycles. The van der Waals surface area contributed by atoms with Crippen molar-refractivity contribution in [3.8, 4) is 0 Å². The molecule has 6 nitrogen and oxygen atoms in total. The summed E-state index contributed by atoms with van der Waals surface area (Å²) in [6, 6.07) is 7.87. The van der Waals surface area contributed by atoms with Gasteiger partial charge in [-0.2, -0.15) is 0 Å². The number of nitrogens with zero attached hydrogens (tertiary/aromatic N) is 1. The Morgan fingerprint density at radius 3 is 2.90 bits per heavy atom. The van der Waals surface area contributed by atoms with Crippen molar-refractivity contribution in [2.45, 2.75) is 24.8 Å². The number of benzene rings is 1. The number of ether oxygens (including phenoxy) is 1. The molecule has 3 rings (SSSR count). The molecule has 4 N–H and O–H groups in total. The highest BCUT2D eigenvalue weighted by atomic mass is 16.5. The van der Waals surface area contributed by atoms with E-state index >= 15 is 0 Å². The van der Waals surface area contributed by atoms with Gasteiger partial charge in [0.25, 0.3) is 0 Å².